The molecule has 2 rings (SSSR count). The molecule has 4 nitrogen and oxygen atoms in total. The number of ether oxygens (including phenoxy) is 1. The van der Waals surface area contributed by atoms with Crippen LogP contribution in [0.3, 0.4) is 0 Å². The first kappa shape index (κ1) is 13.7. The molecule has 6 heteroatoms. The second kappa shape index (κ2) is 5.52. The number of carbonyl (C=O) groups is 1. The van der Waals surface area contributed by atoms with E-state index in [9.17, 15) is 13.6 Å². The third-order valence-electron chi connectivity index (χ3n) is 3.24. The summed E-state index contributed by atoms with van der Waals surface area (Å²) in [5.41, 5.74) is 0.822. The summed E-state index contributed by atoms with van der Waals surface area (Å²) in [6.45, 7) is -0.665. The number of nitrogens with one attached hydrogen (secondary N) is 1. The van der Waals surface area contributed by atoms with Crippen LogP contribution >= 0.6 is 0 Å². The summed E-state index contributed by atoms with van der Waals surface area (Å²) in [6, 6.07) is 9.06. The van der Waals surface area contributed by atoms with E-state index in [-0.39, 0.29) is 13.2 Å². The van der Waals surface area contributed by atoms with Crippen molar-refractivity contribution in [2.75, 3.05) is 13.2 Å². The molecule has 2 atom stereocenters. The third-order valence-corrected chi connectivity index (χ3v) is 3.24. The van der Waals surface area contributed by atoms with Gasteiger partial charge < -0.3 is 15.2 Å². The van der Waals surface area contributed by atoms with Crippen LogP contribution in [0.5, 0.6) is 0 Å². The van der Waals surface area contributed by atoms with Gasteiger partial charge in [0.15, 0.2) is 0 Å². The standard InChI is InChI=1S/C13H15F2NO3/c14-13(15)10(11(13)7-17)6-16-12(18)19-8-9-4-2-1-3-5-9/h1-5,10-11,17H,6-8H2,(H,16,18)/t10-,11-/m1/s1. The fraction of sp³-hybridized carbons (Fsp3) is 0.462. The fourth-order valence-corrected chi connectivity index (χ4v) is 1.96. The number of hydrogen-bond acceptors (Lipinski definition) is 3. The molecule has 0 aromatic heterocycles. The van der Waals surface area contributed by atoms with E-state index in [4.69, 9.17) is 9.84 Å². The van der Waals surface area contributed by atoms with E-state index in [0.717, 1.165) is 5.56 Å². The Morgan fingerprint density at radius 1 is 1.32 bits per heavy atom. The molecule has 104 valence electrons. The maximum atomic E-state index is 13.0. The number of amides is 1. The van der Waals surface area contributed by atoms with E-state index in [1.807, 2.05) is 18.2 Å². The van der Waals surface area contributed by atoms with Gasteiger partial charge in [-0.25, -0.2) is 13.6 Å². The van der Waals surface area contributed by atoms with Gasteiger partial charge in [0.25, 0.3) is 5.92 Å². The van der Waals surface area contributed by atoms with Crippen molar-refractivity contribution in [2.45, 2.75) is 12.5 Å². The summed E-state index contributed by atoms with van der Waals surface area (Å²) in [5, 5.41) is 11.0. The number of hydrogen-bond donors (Lipinski definition) is 2. The predicted octanol–water partition coefficient (Wildman–Crippen LogP) is 1.79. The van der Waals surface area contributed by atoms with Crippen molar-refractivity contribution in [3.05, 3.63) is 35.9 Å². The number of rotatable bonds is 5. The van der Waals surface area contributed by atoms with Gasteiger partial charge >= 0.3 is 6.09 Å². The number of aliphatic hydroxyl groups is 1. The average molecular weight is 271 g/mol. The monoisotopic (exact) mass is 271 g/mol. The lowest BCUT2D eigenvalue weighted by Crippen LogP contribution is -2.27. The molecule has 1 fully saturated rings. The molecule has 1 aliphatic rings. The first-order valence-electron chi connectivity index (χ1n) is 5.99. The van der Waals surface area contributed by atoms with E-state index in [1.54, 1.807) is 12.1 Å². The molecule has 0 unspecified atom stereocenters. The Bertz CT molecular complexity index is 439. The van der Waals surface area contributed by atoms with Crippen molar-refractivity contribution >= 4 is 6.09 Å². The van der Waals surface area contributed by atoms with E-state index >= 15 is 0 Å². The zero-order valence-electron chi connectivity index (χ0n) is 10.2. The summed E-state index contributed by atoms with van der Waals surface area (Å²) >= 11 is 0. The Kier molecular flexibility index (Phi) is 3.99. The smallest absolute Gasteiger partial charge is 0.407 e. The summed E-state index contributed by atoms with van der Waals surface area (Å²) < 4.78 is 30.9. The van der Waals surface area contributed by atoms with Gasteiger partial charge in [0.2, 0.25) is 0 Å². The molecule has 1 amide bonds. The summed E-state index contributed by atoms with van der Waals surface area (Å²) in [4.78, 5) is 11.3. The highest BCUT2D eigenvalue weighted by Gasteiger charge is 2.67. The fourth-order valence-electron chi connectivity index (χ4n) is 1.96. The zero-order valence-corrected chi connectivity index (χ0v) is 10.2. The zero-order chi connectivity index (χ0) is 13.9. The maximum Gasteiger partial charge on any atom is 0.407 e. The largest absolute Gasteiger partial charge is 0.445 e. The van der Waals surface area contributed by atoms with Gasteiger partial charge in [0.1, 0.15) is 6.61 Å². The second-order valence-electron chi connectivity index (χ2n) is 4.51. The number of carbonyl (C=O) groups excluding carboxylic acids is 1. The Morgan fingerprint density at radius 3 is 2.58 bits per heavy atom. The molecule has 2 N–H and O–H groups in total. The van der Waals surface area contributed by atoms with Crippen LogP contribution in [0.2, 0.25) is 0 Å². The van der Waals surface area contributed by atoms with Gasteiger partial charge in [-0.2, -0.15) is 0 Å². The molecule has 1 aliphatic carbocycles. The Morgan fingerprint density at radius 2 is 2.00 bits per heavy atom. The van der Waals surface area contributed by atoms with Crippen LogP contribution in [0.15, 0.2) is 30.3 Å². The molecule has 0 saturated heterocycles. The molecule has 0 radical (unpaired) electrons. The SMILES string of the molecule is O=C(NC[C@@H]1[C@@H](CO)C1(F)F)OCc1ccccc1. The number of aliphatic hydroxyl groups excluding tert-OH is 1. The lowest BCUT2D eigenvalue weighted by atomic mass is 10.2. The highest BCUT2D eigenvalue weighted by atomic mass is 19.3. The molecular formula is C13H15F2NO3. The van der Waals surface area contributed by atoms with Gasteiger partial charge in [0.05, 0.1) is 18.4 Å². The lowest BCUT2D eigenvalue weighted by Gasteiger charge is -2.06. The highest BCUT2D eigenvalue weighted by Crippen LogP contribution is 2.54. The molecule has 0 aliphatic heterocycles. The van der Waals surface area contributed by atoms with Crippen LogP contribution in [-0.4, -0.2) is 30.3 Å². The molecule has 19 heavy (non-hydrogen) atoms. The first-order valence-corrected chi connectivity index (χ1v) is 5.99. The van der Waals surface area contributed by atoms with Crippen molar-refractivity contribution in [1.29, 1.82) is 0 Å². The Hall–Kier alpha value is -1.69. The molecule has 0 heterocycles. The van der Waals surface area contributed by atoms with E-state index in [2.05, 4.69) is 5.32 Å². The van der Waals surface area contributed by atoms with Gasteiger partial charge in [-0.15, -0.1) is 0 Å². The number of halogens is 2. The van der Waals surface area contributed by atoms with Crippen molar-refractivity contribution in [3.8, 4) is 0 Å². The minimum Gasteiger partial charge on any atom is -0.445 e. The summed E-state index contributed by atoms with van der Waals surface area (Å²) in [6.07, 6.45) is -0.733. The number of alkyl carbamates (subject to hydrolysis) is 1. The molecule has 1 aromatic rings. The number of benzene rings is 1. The highest BCUT2D eigenvalue weighted by molar-refractivity contribution is 5.67. The average Bonchev–Trinajstić information content (AvgIpc) is 2.95. The Balaban J connectivity index is 1.69. The molecule has 0 bridgehead atoms. The minimum absolute atomic E-state index is 0.0944. The van der Waals surface area contributed by atoms with Crippen molar-refractivity contribution in [1.82, 2.24) is 5.32 Å². The van der Waals surface area contributed by atoms with Crippen molar-refractivity contribution < 1.29 is 23.4 Å². The maximum absolute atomic E-state index is 13.0. The quantitative estimate of drug-likeness (QED) is 0.858. The van der Waals surface area contributed by atoms with Crippen molar-refractivity contribution in [2.24, 2.45) is 11.8 Å². The Labute approximate surface area is 109 Å². The molecule has 0 spiro atoms. The second-order valence-corrected chi connectivity index (χ2v) is 4.51. The van der Waals surface area contributed by atoms with Gasteiger partial charge in [0, 0.05) is 6.54 Å². The van der Waals surface area contributed by atoms with Crippen LogP contribution in [0.4, 0.5) is 13.6 Å². The van der Waals surface area contributed by atoms with Crippen LogP contribution < -0.4 is 5.32 Å². The minimum atomic E-state index is -2.89. The third kappa shape index (κ3) is 3.20. The van der Waals surface area contributed by atoms with Gasteiger partial charge in [-0.1, -0.05) is 30.3 Å². The number of alkyl halides is 2. The normalized spacial score (nSPS) is 23.7. The summed E-state index contributed by atoms with van der Waals surface area (Å²) in [7, 11) is 0. The molecule has 1 saturated carbocycles. The predicted molar refractivity (Wildman–Crippen MR) is 63.6 cm³/mol. The van der Waals surface area contributed by atoms with Crippen LogP contribution in [-0.2, 0) is 11.3 Å². The molecule has 1 aromatic carbocycles. The van der Waals surface area contributed by atoms with E-state index in [1.165, 1.54) is 0 Å². The van der Waals surface area contributed by atoms with Gasteiger partial charge in [-0.05, 0) is 5.56 Å². The lowest BCUT2D eigenvalue weighted by molar-refractivity contribution is 0.0717. The summed E-state index contributed by atoms with van der Waals surface area (Å²) in [5.74, 6) is -4.94. The van der Waals surface area contributed by atoms with Crippen LogP contribution in [0.1, 0.15) is 5.56 Å². The van der Waals surface area contributed by atoms with Crippen LogP contribution in [0, 0.1) is 11.8 Å². The van der Waals surface area contributed by atoms with E-state index < -0.39 is 30.5 Å². The first-order chi connectivity index (χ1) is 9.05. The van der Waals surface area contributed by atoms with Crippen LogP contribution in [0.25, 0.3) is 0 Å². The van der Waals surface area contributed by atoms with E-state index in [0.29, 0.717) is 0 Å². The topological polar surface area (TPSA) is 58.6 Å². The van der Waals surface area contributed by atoms with Gasteiger partial charge in [-0.3, -0.25) is 0 Å². The van der Waals surface area contributed by atoms with Crippen molar-refractivity contribution in [3.63, 3.8) is 0 Å². The molecular weight excluding hydrogens is 256 g/mol.